The Morgan fingerprint density at radius 3 is 0.462 bits per heavy atom. The minimum Gasteiger partial charge on any atom is -0.0683 e. The van der Waals surface area contributed by atoms with E-state index >= 15 is 0 Å². The SMILES string of the molecule is CC.CC(C)(C)C.CC(C)(C)C.[U]. The van der Waals surface area contributed by atoms with Gasteiger partial charge in [-0.3, -0.25) is 0 Å². The van der Waals surface area contributed by atoms with Gasteiger partial charge in [0.25, 0.3) is 0 Å². The molecule has 0 aliphatic rings. The van der Waals surface area contributed by atoms with E-state index in [2.05, 4.69) is 55.4 Å². The molecule has 0 aliphatic carbocycles. The average Bonchev–Trinajstić information content (AvgIpc) is 1.59. The van der Waals surface area contributed by atoms with Crippen LogP contribution in [-0.4, -0.2) is 0 Å². The van der Waals surface area contributed by atoms with Crippen LogP contribution in [0.15, 0.2) is 0 Å². The fourth-order valence-electron chi connectivity index (χ4n) is 0. The van der Waals surface area contributed by atoms with Crippen molar-refractivity contribution in [3.05, 3.63) is 0 Å². The molecule has 0 unspecified atom stereocenters. The number of hydrogen-bond donors (Lipinski definition) is 0. The maximum Gasteiger partial charge on any atom is 0 e. The fraction of sp³-hybridized carbons (Fsp3) is 1.00. The van der Waals surface area contributed by atoms with E-state index in [1.54, 1.807) is 0 Å². The first-order valence-electron chi connectivity index (χ1n) is 5.00. The first-order chi connectivity index (χ1) is 5.00. The molecule has 0 saturated heterocycles. The van der Waals surface area contributed by atoms with Crippen LogP contribution in [-0.2, 0) is 0 Å². The van der Waals surface area contributed by atoms with Crippen LogP contribution >= 0.6 is 0 Å². The summed E-state index contributed by atoms with van der Waals surface area (Å²) in [5, 5.41) is 0. The standard InChI is InChI=1S/2C5H12.C2H6.U/c2*1-5(2,3)4;1-2;/h2*1-4H3;1-2H3;. The largest absolute Gasteiger partial charge is 0.0683 e. The molecule has 0 amide bonds. The molecule has 0 atom stereocenters. The van der Waals surface area contributed by atoms with Crippen LogP contribution in [0, 0.1) is 41.9 Å². The summed E-state index contributed by atoms with van der Waals surface area (Å²) in [6.45, 7) is 21.5. The number of hydrogen-bond acceptors (Lipinski definition) is 0. The molecule has 0 rings (SSSR count). The van der Waals surface area contributed by atoms with Crippen molar-refractivity contribution in [2.45, 2.75) is 69.2 Å². The van der Waals surface area contributed by atoms with E-state index in [0.29, 0.717) is 10.8 Å². The summed E-state index contributed by atoms with van der Waals surface area (Å²) in [7, 11) is 0. The molecule has 0 aromatic heterocycles. The monoisotopic (exact) mass is 412 g/mol. The van der Waals surface area contributed by atoms with Crippen molar-refractivity contribution < 1.29 is 31.1 Å². The summed E-state index contributed by atoms with van der Waals surface area (Å²) in [4.78, 5) is 0. The molecule has 1 heteroatoms. The van der Waals surface area contributed by atoms with Crippen LogP contribution in [0.25, 0.3) is 0 Å². The van der Waals surface area contributed by atoms with Gasteiger partial charge in [-0.1, -0.05) is 69.2 Å². The molecule has 82 valence electrons. The Bertz CT molecular complexity index is 48.1. The van der Waals surface area contributed by atoms with Crippen LogP contribution in [0.4, 0.5) is 0 Å². The van der Waals surface area contributed by atoms with Gasteiger partial charge in [0.1, 0.15) is 0 Å². The van der Waals surface area contributed by atoms with Crippen LogP contribution in [0.2, 0.25) is 0 Å². The van der Waals surface area contributed by atoms with E-state index in [1.807, 2.05) is 13.8 Å². The van der Waals surface area contributed by atoms with Crippen LogP contribution in [0.1, 0.15) is 69.2 Å². The molecule has 0 radical (unpaired) electrons. The molecule has 0 aromatic carbocycles. The minimum absolute atomic E-state index is 0. The van der Waals surface area contributed by atoms with Crippen LogP contribution < -0.4 is 0 Å². The van der Waals surface area contributed by atoms with Crippen molar-refractivity contribution in [1.29, 1.82) is 0 Å². The van der Waals surface area contributed by atoms with Gasteiger partial charge in [0.2, 0.25) is 0 Å². The second-order valence-corrected chi connectivity index (χ2v) is 6.00. The Morgan fingerprint density at radius 1 is 0.462 bits per heavy atom. The third kappa shape index (κ3) is 1440. The molecule has 0 N–H and O–H groups in total. The van der Waals surface area contributed by atoms with Gasteiger partial charge in [-0.25, -0.2) is 0 Å². The topological polar surface area (TPSA) is 0 Å². The molecule has 13 heavy (non-hydrogen) atoms. The molecule has 0 fully saturated rings. The molecule has 0 bridgehead atoms. The second kappa shape index (κ2) is 11.1. The van der Waals surface area contributed by atoms with Gasteiger partial charge in [-0.2, -0.15) is 0 Å². The van der Waals surface area contributed by atoms with Crippen LogP contribution in [0.3, 0.4) is 0 Å². The summed E-state index contributed by atoms with van der Waals surface area (Å²) in [6, 6.07) is 0. The van der Waals surface area contributed by atoms with Gasteiger partial charge >= 0.3 is 0 Å². The first kappa shape index (κ1) is 23.7. The molecule has 0 spiro atoms. The van der Waals surface area contributed by atoms with E-state index in [-0.39, 0.29) is 31.1 Å². The Hall–Kier alpha value is 1.05. The van der Waals surface area contributed by atoms with Crippen LogP contribution in [0.5, 0.6) is 0 Å². The minimum atomic E-state index is 0. The summed E-state index contributed by atoms with van der Waals surface area (Å²) in [5.74, 6) is 0. The molecule has 0 nitrogen and oxygen atoms in total. The van der Waals surface area contributed by atoms with Gasteiger partial charge in [-0.15, -0.1) is 0 Å². The first-order valence-corrected chi connectivity index (χ1v) is 5.00. The van der Waals surface area contributed by atoms with E-state index in [1.165, 1.54) is 0 Å². The maximum absolute atomic E-state index is 2.19. The van der Waals surface area contributed by atoms with Gasteiger partial charge in [0, 0.05) is 31.1 Å². The maximum atomic E-state index is 2.19. The van der Waals surface area contributed by atoms with Gasteiger partial charge in [0.05, 0.1) is 0 Å². The molecule has 0 aliphatic heterocycles. The summed E-state index contributed by atoms with van der Waals surface area (Å²) in [6.07, 6.45) is 0. The van der Waals surface area contributed by atoms with Gasteiger partial charge in [0.15, 0.2) is 0 Å². The van der Waals surface area contributed by atoms with E-state index < -0.39 is 0 Å². The summed E-state index contributed by atoms with van der Waals surface area (Å²) >= 11 is 0. The van der Waals surface area contributed by atoms with Gasteiger partial charge < -0.3 is 0 Å². The van der Waals surface area contributed by atoms with E-state index in [0.717, 1.165) is 0 Å². The normalized spacial score (nSPS) is 9.69. The van der Waals surface area contributed by atoms with Crippen molar-refractivity contribution in [3.63, 3.8) is 0 Å². The quantitative estimate of drug-likeness (QED) is 0.518. The van der Waals surface area contributed by atoms with Crippen molar-refractivity contribution in [2.75, 3.05) is 0 Å². The van der Waals surface area contributed by atoms with Crippen molar-refractivity contribution in [2.24, 2.45) is 10.8 Å². The Kier molecular flexibility index (Phi) is 20.3. The zero-order chi connectivity index (χ0) is 11.0. The zero-order valence-electron chi connectivity index (χ0n) is 11.5. The molecule has 0 heterocycles. The predicted octanol–water partition coefficient (Wildman–Crippen LogP) is 5.13. The smallest absolute Gasteiger partial charge is 0 e. The van der Waals surface area contributed by atoms with Crippen molar-refractivity contribution in [1.82, 2.24) is 0 Å². The fourth-order valence-corrected chi connectivity index (χ4v) is 0. The van der Waals surface area contributed by atoms with Crippen molar-refractivity contribution >= 4 is 0 Å². The Morgan fingerprint density at radius 2 is 0.462 bits per heavy atom. The third-order valence-electron chi connectivity index (χ3n) is 0. The third-order valence-corrected chi connectivity index (χ3v) is 0. The summed E-state index contributed by atoms with van der Waals surface area (Å²) < 4.78 is 0. The summed E-state index contributed by atoms with van der Waals surface area (Å²) in [5.41, 5.74) is 1.00. The second-order valence-electron chi connectivity index (χ2n) is 6.00. The van der Waals surface area contributed by atoms with E-state index in [4.69, 9.17) is 0 Å². The van der Waals surface area contributed by atoms with Gasteiger partial charge in [-0.05, 0) is 10.8 Å². The van der Waals surface area contributed by atoms with E-state index in [9.17, 15) is 0 Å². The molecular formula is C12H30U. The molecular weight excluding hydrogens is 382 g/mol. The van der Waals surface area contributed by atoms with Crippen molar-refractivity contribution in [3.8, 4) is 0 Å². The predicted molar refractivity (Wildman–Crippen MR) is 61.6 cm³/mol. The number of rotatable bonds is 0. The Labute approximate surface area is 111 Å². The molecule has 0 aromatic rings. The zero-order valence-corrected chi connectivity index (χ0v) is 15.7. The Balaban J connectivity index is -0.0000000491. The average molecular weight is 412 g/mol. The molecule has 0 saturated carbocycles.